The number of nitrogens with zero attached hydrogens (tertiary/aromatic N) is 1. The number of rotatable bonds is 8. The summed E-state index contributed by atoms with van der Waals surface area (Å²) in [6, 6.07) is -1.51. The summed E-state index contributed by atoms with van der Waals surface area (Å²) in [5.74, 6) is -1.59. The Bertz CT molecular complexity index is 319. The summed E-state index contributed by atoms with van der Waals surface area (Å²) in [7, 11) is 0. The molecule has 0 aliphatic carbocycles. The number of carboxylic acids is 1. The van der Waals surface area contributed by atoms with Gasteiger partial charge in [0.25, 0.3) is 0 Å². The van der Waals surface area contributed by atoms with Gasteiger partial charge in [-0.2, -0.15) is 0 Å². The summed E-state index contributed by atoms with van der Waals surface area (Å²) in [6.45, 7) is 5.56. The van der Waals surface area contributed by atoms with Gasteiger partial charge in [0.05, 0.1) is 6.61 Å². The predicted molar refractivity (Wildman–Crippen MR) is 68.7 cm³/mol. The first-order chi connectivity index (χ1) is 8.96. The highest BCUT2D eigenvalue weighted by atomic mass is 16.5. The summed E-state index contributed by atoms with van der Waals surface area (Å²) in [6.07, 6.45) is 0.985. The van der Waals surface area contributed by atoms with Crippen LogP contribution >= 0.6 is 0 Å². The van der Waals surface area contributed by atoms with Crippen LogP contribution in [-0.2, 0) is 14.3 Å². The van der Waals surface area contributed by atoms with E-state index in [1.54, 1.807) is 13.8 Å². The zero-order chi connectivity index (χ0) is 14.8. The molecule has 0 aliphatic heterocycles. The average molecular weight is 274 g/mol. The van der Waals surface area contributed by atoms with E-state index < -0.39 is 24.0 Å². The van der Waals surface area contributed by atoms with Gasteiger partial charge in [-0.25, -0.2) is 9.59 Å². The van der Waals surface area contributed by atoms with Gasteiger partial charge >= 0.3 is 18.0 Å². The van der Waals surface area contributed by atoms with E-state index in [0.717, 1.165) is 0 Å². The highest BCUT2D eigenvalue weighted by molar-refractivity contribution is 5.85. The van der Waals surface area contributed by atoms with Gasteiger partial charge in [-0.3, -0.25) is 4.79 Å². The Kier molecular flexibility index (Phi) is 8.32. The number of carboxylic acid groups (broad SMARTS) is 1. The maximum atomic E-state index is 11.8. The maximum Gasteiger partial charge on any atom is 0.326 e. The van der Waals surface area contributed by atoms with Crippen molar-refractivity contribution in [2.45, 2.75) is 39.7 Å². The van der Waals surface area contributed by atoms with Gasteiger partial charge in [0, 0.05) is 6.54 Å². The van der Waals surface area contributed by atoms with Crippen LogP contribution in [0.1, 0.15) is 33.6 Å². The van der Waals surface area contributed by atoms with Crippen LogP contribution < -0.4 is 5.32 Å². The third kappa shape index (κ3) is 6.64. The fourth-order valence-electron chi connectivity index (χ4n) is 1.48. The Morgan fingerprint density at radius 1 is 1.26 bits per heavy atom. The zero-order valence-corrected chi connectivity index (χ0v) is 11.6. The van der Waals surface area contributed by atoms with Crippen LogP contribution in [0.5, 0.6) is 0 Å². The number of ether oxygens (including phenoxy) is 1. The molecule has 0 unspecified atom stereocenters. The molecule has 2 N–H and O–H groups in total. The van der Waals surface area contributed by atoms with Crippen LogP contribution in [0, 0.1) is 0 Å². The predicted octanol–water partition coefficient (Wildman–Crippen LogP) is 0.834. The first-order valence-corrected chi connectivity index (χ1v) is 6.40. The van der Waals surface area contributed by atoms with Crippen molar-refractivity contribution in [1.29, 1.82) is 0 Å². The van der Waals surface area contributed by atoms with E-state index in [0.29, 0.717) is 19.4 Å². The third-order valence-electron chi connectivity index (χ3n) is 2.47. The molecule has 0 spiro atoms. The van der Waals surface area contributed by atoms with E-state index in [1.807, 2.05) is 6.92 Å². The van der Waals surface area contributed by atoms with Crippen LogP contribution in [0.2, 0.25) is 0 Å². The SMILES string of the molecule is CCC[C@@H](NC(=O)N(CC)CC(=O)OCC)C(=O)O. The fraction of sp³-hybridized carbons (Fsp3) is 0.750. The van der Waals surface area contributed by atoms with Gasteiger partial charge in [0.1, 0.15) is 12.6 Å². The number of likely N-dealkylation sites (N-methyl/N-ethyl adjacent to an activating group) is 1. The van der Waals surface area contributed by atoms with Gasteiger partial charge in [-0.05, 0) is 20.3 Å². The smallest absolute Gasteiger partial charge is 0.326 e. The van der Waals surface area contributed by atoms with Crippen LogP contribution in [-0.4, -0.2) is 53.7 Å². The molecule has 0 aromatic carbocycles. The summed E-state index contributed by atoms with van der Waals surface area (Å²) in [4.78, 5) is 35.3. The number of carbonyl (C=O) groups is 3. The van der Waals surface area contributed by atoms with Crippen LogP contribution in [0.3, 0.4) is 0 Å². The van der Waals surface area contributed by atoms with Crippen molar-refractivity contribution in [3.8, 4) is 0 Å². The van der Waals surface area contributed by atoms with Gasteiger partial charge in [0.15, 0.2) is 0 Å². The highest BCUT2D eigenvalue weighted by Crippen LogP contribution is 1.99. The average Bonchev–Trinajstić information content (AvgIpc) is 2.35. The Morgan fingerprint density at radius 2 is 1.89 bits per heavy atom. The highest BCUT2D eigenvalue weighted by Gasteiger charge is 2.23. The van der Waals surface area contributed by atoms with E-state index in [9.17, 15) is 14.4 Å². The molecule has 7 heteroatoms. The number of hydrogen-bond donors (Lipinski definition) is 2. The van der Waals surface area contributed by atoms with E-state index in [-0.39, 0.29) is 13.2 Å². The van der Waals surface area contributed by atoms with Crippen molar-refractivity contribution >= 4 is 18.0 Å². The first kappa shape index (κ1) is 17.2. The monoisotopic (exact) mass is 274 g/mol. The molecular weight excluding hydrogens is 252 g/mol. The number of urea groups is 1. The molecule has 0 heterocycles. The van der Waals surface area contributed by atoms with Gasteiger partial charge in [-0.15, -0.1) is 0 Å². The molecule has 0 aromatic rings. The molecule has 2 amide bonds. The second kappa shape index (κ2) is 9.18. The summed E-state index contributed by atoms with van der Waals surface area (Å²) < 4.78 is 4.75. The minimum Gasteiger partial charge on any atom is -0.480 e. The van der Waals surface area contributed by atoms with Gasteiger partial charge in [0.2, 0.25) is 0 Å². The number of hydrogen-bond acceptors (Lipinski definition) is 4. The van der Waals surface area contributed by atoms with Crippen LogP contribution in [0.15, 0.2) is 0 Å². The molecule has 110 valence electrons. The maximum absolute atomic E-state index is 11.8. The summed E-state index contributed by atoms with van der Waals surface area (Å²) in [5, 5.41) is 11.3. The molecule has 7 nitrogen and oxygen atoms in total. The molecule has 0 radical (unpaired) electrons. The normalized spacial score (nSPS) is 11.5. The van der Waals surface area contributed by atoms with Crippen LogP contribution in [0.25, 0.3) is 0 Å². The van der Waals surface area contributed by atoms with Crippen molar-refractivity contribution in [3.05, 3.63) is 0 Å². The largest absolute Gasteiger partial charge is 0.480 e. The lowest BCUT2D eigenvalue weighted by Gasteiger charge is -2.22. The Balaban J connectivity index is 4.48. The van der Waals surface area contributed by atoms with Crippen LogP contribution in [0.4, 0.5) is 4.79 Å². The number of esters is 1. The minimum atomic E-state index is -1.08. The molecule has 0 bridgehead atoms. The standard InChI is InChI=1S/C12H22N2O5/c1-4-7-9(11(16)17)13-12(18)14(5-2)8-10(15)19-6-3/h9H,4-8H2,1-3H3,(H,13,18)(H,16,17)/t9-/m1/s1. The Hall–Kier alpha value is -1.79. The molecule has 0 fully saturated rings. The van der Waals surface area contributed by atoms with E-state index in [1.165, 1.54) is 4.90 Å². The molecule has 0 aliphatic rings. The second-order valence-electron chi connectivity index (χ2n) is 3.95. The number of nitrogens with one attached hydrogen (secondary N) is 1. The first-order valence-electron chi connectivity index (χ1n) is 6.40. The summed E-state index contributed by atoms with van der Waals surface area (Å²) >= 11 is 0. The Labute approximate surface area is 112 Å². The topological polar surface area (TPSA) is 95.9 Å². The lowest BCUT2D eigenvalue weighted by atomic mass is 10.2. The zero-order valence-electron chi connectivity index (χ0n) is 11.6. The summed E-state index contributed by atoms with van der Waals surface area (Å²) in [5.41, 5.74) is 0. The molecular formula is C12H22N2O5. The van der Waals surface area contributed by atoms with Crippen molar-refractivity contribution in [3.63, 3.8) is 0 Å². The van der Waals surface area contributed by atoms with Gasteiger partial charge in [-0.1, -0.05) is 13.3 Å². The molecule has 0 saturated carbocycles. The second-order valence-corrected chi connectivity index (χ2v) is 3.95. The number of carbonyl (C=O) groups excluding carboxylic acids is 2. The number of aliphatic carboxylic acids is 1. The lowest BCUT2D eigenvalue weighted by Crippen LogP contribution is -2.49. The van der Waals surface area contributed by atoms with Crippen molar-refractivity contribution < 1.29 is 24.2 Å². The quantitative estimate of drug-likeness (QED) is 0.639. The molecule has 0 aromatic heterocycles. The molecule has 19 heavy (non-hydrogen) atoms. The molecule has 0 rings (SSSR count). The van der Waals surface area contributed by atoms with Crippen molar-refractivity contribution in [1.82, 2.24) is 10.2 Å². The fourth-order valence-corrected chi connectivity index (χ4v) is 1.48. The van der Waals surface area contributed by atoms with Gasteiger partial charge < -0.3 is 20.1 Å². The third-order valence-corrected chi connectivity index (χ3v) is 2.47. The number of amides is 2. The molecule has 1 atom stereocenters. The Morgan fingerprint density at radius 3 is 2.32 bits per heavy atom. The van der Waals surface area contributed by atoms with E-state index in [4.69, 9.17) is 9.84 Å². The van der Waals surface area contributed by atoms with Crippen molar-refractivity contribution in [2.24, 2.45) is 0 Å². The lowest BCUT2D eigenvalue weighted by molar-refractivity contribution is -0.143. The van der Waals surface area contributed by atoms with Crippen molar-refractivity contribution in [2.75, 3.05) is 19.7 Å². The molecule has 0 saturated heterocycles. The minimum absolute atomic E-state index is 0.186. The van der Waals surface area contributed by atoms with E-state index >= 15 is 0 Å². The van der Waals surface area contributed by atoms with E-state index in [2.05, 4.69) is 5.32 Å².